The fourth-order valence-corrected chi connectivity index (χ4v) is 2.03. The Balaban J connectivity index is 2.11. The van der Waals surface area contributed by atoms with Crippen molar-refractivity contribution in [1.82, 2.24) is 0 Å². The highest BCUT2D eigenvalue weighted by molar-refractivity contribution is 5.41. The number of para-hydroxylation sites is 1. The van der Waals surface area contributed by atoms with Crippen LogP contribution >= 0.6 is 0 Å². The molecular formula is C11H12O2. The molecule has 68 valence electrons. The molecule has 0 spiro atoms. The summed E-state index contributed by atoms with van der Waals surface area (Å²) in [4.78, 5) is 0. The third-order valence-electron chi connectivity index (χ3n) is 2.78. The van der Waals surface area contributed by atoms with Gasteiger partial charge in [-0.1, -0.05) is 18.2 Å². The van der Waals surface area contributed by atoms with Crippen LogP contribution in [0.15, 0.2) is 24.3 Å². The normalized spacial score (nSPS) is 32.8. The number of fused-ring (bicyclic) bond motifs is 3. The minimum absolute atomic E-state index is 0.168. The van der Waals surface area contributed by atoms with Crippen LogP contribution in [0, 0.1) is 0 Å². The summed E-state index contributed by atoms with van der Waals surface area (Å²) in [7, 11) is 0. The van der Waals surface area contributed by atoms with Crippen molar-refractivity contribution < 1.29 is 9.47 Å². The average Bonchev–Trinajstić information content (AvgIpc) is 2.83. The van der Waals surface area contributed by atoms with Gasteiger partial charge in [0.2, 0.25) is 0 Å². The molecule has 3 rings (SSSR count). The Kier molecular flexibility index (Phi) is 1.18. The van der Waals surface area contributed by atoms with Crippen molar-refractivity contribution in [3.63, 3.8) is 0 Å². The molecular weight excluding hydrogens is 164 g/mol. The summed E-state index contributed by atoms with van der Waals surface area (Å²) in [5, 5.41) is 0. The lowest BCUT2D eigenvalue weighted by Gasteiger charge is -2.29. The molecule has 0 amide bonds. The van der Waals surface area contributed by atoms with Crippen molar-refractivity contribution in [3.8, 4) is 5.75 Å². The third kappa shape index (κ3) is 0.923. The van der Waals surface area contributed by atoms with E-state index >= 15 is 0 Å². The predicted molar refractivity (Wildman–Crippen MR) is 48.8 cm³/mol. The lowest BCUT2D eigenvalue weighted by Crippen LogP contribution is -2.37. The monoisotopic (exact) mass is 176 g/mol. The zero-order valence-corrected chi connectivity index (χ0v) is 7.78. The van der Waals surface area contributed by atoms with E-state index in [4.69, 9.17) is 9.47 Å². The average molecular weight is 176 g/mol. The van der Waals surface area contributed by atoms with Crippen molar-refractivity contribution in [2.24, 2.45) is 0 Å². The van der Waals surface area contributed by atoms with Crippen LogP contribution in [0.2, 0.25) is 0 Å². The fourth-order valence-electron chi connectivity index (χ4n) is 2.03. The van der Waals surface area contributed by atoms with Gasteiger partial charge in [0.25, 0.3) is 0 Å². The molecule has 0 saturated carbocycles. The number of epoxide rings is 1. The Morgan fingerprint density at radius 3 is 2.85 bits per heavy atom. The first-order valence-corrected chi connectivity index (χ1v) is 4.62. The lowest BCUT2D eigenvalue weighted by molar-refractivity contribution is 0.0725. The van der Waals surface area contributed by atoms with Crippen molar-refractivity contribution in [2.45, 2.75) is 31.7 Å². The molecule has 0 aromatic heterocycles. The van der Waals surface area contributed by atoms with Crippen LogP contribution in [0.25, 0.3) is 0 Å². The third-order valence-corrected chi connectivity index (χ3v) is 2.78. The molecule has 0 bridgehead atoms. The highest BCUT2D eigenvalue weighted by Gasteiger charge is 2.56. The van der Waals surface area contributed by atoms with Crippen LogP contribution in [-0.4, -0.2) is 11.7 Å². The molecule has 1 fully saturated rings. The van der Waals surface area contributed by atoms with E-state index in [2.05, 4.69) is 19.9 Å². The molecule has 2 atom stereocenters. The van der Waals surface area contributed by atoms with Gasteiger partial charge in [0, 0.05) is 5.56 Å². The van der Waals surface area contributed by atoms with E-state index < -0.39 is 0 Å². The molecule has 2 aliphatic heterocycles. The Bertz CT molecular complexity index is 357. The molecule has 13 heavy (non-hydrogen) atoms. The van der Waals surface area contributed by atoms with Crippen LogP contribution in [0.5, 0.6) is 5.75 Å². The van der Waals surface area contributed by atoms with E-state index in [-0.39, 0.29) is 17.8 Å². The summed E-state index contributed by atoms with van der Waals surface area (Å²) in [6.07, 6.45) is 0.530. The minimum Gasteiger partial charge on any atom is -0.485 e. The zero-order chi connectivity index (χ0) is 9.05. The molecule has 0 N–H and O–H groups in total. The van der Waals surface area contributed by atoms with Crippen molar-refractivity contribution >= 4 is 0 Å². The summed E-state index contributed by atoms with van der Waals surface area (Å²) in [6.45, 7) is 4.15. The number of hydrogen-bond donors (Lipinski definition) is 0. The predicted octanol–water partition coefficient (Wildman–Crippen LogP) is 2.30. The second-order valence-corrected chi connectivity index (χ2v) is 4.22. The maximum Gasteiger partial charge on any atom is 0.132 e. The Labute approximate surface area is 77.5 Å². The second kappa shape index (κ2) is 2.07. The lowest BCUT2D eigenvalue weighted by atomic mass is 9.94. The first kappa shape index (κ1) is 7.39. The van der Waals surface area contributed by atoms with E-state index in [1.54, 1.807) is 0 Å². The molecule has 0 aliphatic carbocycles. The van der Waals surface area contributed by atoms with Crippen LogP contribution in [-0.2, 0) is 4.74 Å². The number of benzene rings is 1. The van der Waals surface area contributed by atoms with Gasteiger partial charge in [0.15, 0.2) is 0 Å². The van der Waals surface area contributed by atoms with Crippen LogP contribution in [0.3, 0.4) is 0 Å². The summed E-state index contributed by atoms with van der Waals surface area (Å²) in [6, 6.07) is 8.11. The number of rotatable bonds is 0. The Morgan fingerprint density at radius 2 is 2.00 bits per heavy atom. The maximum atomic E-state index is 5.85. The molecule has 0 radical (unpaired) electrons. The quantitative estimate of drug-likeness (QED) is 0.566. The Hall–Kier alpha value is -1.02. The Morgan fingerprint density at radius 1 is 1.23 bits per heavy atom. The van der Waals surface area contributed by atoms with E-state index in [9.17, 15) is 0 Å². The summed E-state index contributed by atoms with van der Waals surface area (Å²) >= 11 is 0. The van der Waals surface area contributed by atoms with Crippen LogP contribution in [0.1, 0.15) is 25.5 Å². The molecule has 1 aromatic rings. The number of hydrogen-bond acceptors (Lipinski definition) is 2. The summed E-state index contributed by atoms with van der Waals surface area (Å²) in [5.41, 5.74) is 1.03. The van der Waals surface area contributed by atoms with Crippen molar-refractivity contribution in [3.05, 3.63) is 29.8 Å². The fraction of sp³-hybridized carbons (Fsp3) is 0.455. The first-order valence-electron chi connectivity index (χ1n) is 4.62. The highest BCUT2D eigenvalue weighted by Crippen LogP contribution is 2.53. The standard InChI is InChI=1S/C11H12O2/c1-11(2)10-9(12-10)7-5-3-4-6-8(7)13-11/h3-6,9-10H,1-2H3/t9-,10-/m0/s1. The van der Waals surface area contributed by atoms with E-state index in [0.717, 1.165) is 5.75 Å². The first-order chi connectivity index (χ1) is 6.18. The van der Waals surface area contributed by atoms with Gasteiger partial charge in [0.1, 0.15) is 23.6 Å². The molecule has 2 nitrogen and oxygen atoms in total. The van der Waals surface area contributed by atoms with Gasteiger partial charge in [-0.3, -0.25) is 0 Å². The summed E-state index contributed by atoms with van der Waals surface area (Å²) in [5.74, 6) is 0.978. The second-order valence-electron chi connectivity index (χ2n) is 4.22. The number of ether oxygens (including phenoxy) is 2. The van der Waals surface area contributed by atoms with Gasteiger partial charge in [0.05, 0.1) is 0 Å². The van der Waals surface area contributed by atoms with Crippen molar-refractivity contribution in [1.29, 1.82) is 0 Å². The molecule has 2 heterocycles. The van der Waals surface area contributed by atoms with Gasteiger partial charge < -0.3 is 9.47 Å². The van der Waals surface area contributed by atoms with Gasteiger partial charge in [-0.05, 0) is 19.9 Å². The molecule has 1 aromatic carbocycles. The van der Waals surface area contributed by atoms with Gasteiger partial charge in [-0.25, -0.2) is 0 Å². The van der Waals surface area contributed by atoms with Crippen molar-refractivity contribution in [2.75, 3.05) is 0 Å². The SMILES string of the molecule is CC1(C)Oc2ccccc2[C@@H]2O[C@@H]21. The van der Waals surface area contributed by atoms with Gasteiger partial charge in [-0.15, -0.1) is 0 Å². The highest BCUT2D eigenvalue weighted by atomic mass is 16.6. The molecule has 0 unspecified atom stereocenters. The van der Waals surface area contributed by atoms with Gasteiger partial charge in [-0.2, -0.15) is 0 Å². The topological polar surface area (TPSA) is 21.8 Å². The maximum absolute atomic E-state index is 5.85. The van der Waals surface area contributed by atoms with Crippen LogP contribution < -0.4 is 4.74 Å². The molecule has 2 heteroatoms. The summed E-state index contributed by atoms with van der Waals surface area (Å²) < 4.78 is 11.4. The van der Waals surface area contributed by atoms with Gasteiger partial charge >= 0.3 is 0 Å². The van der Waals surface area contributed by atoms with E-state index in [1.165, 1.54) is 5.56 Å². The zero-order valence-electron chi connectivity index (χ0n) is 7.78. The van der Waals surface area contributed by atoms with Crippen LogP contribution in [0.4, 0.5) is 0 Å². The van der Waals surface area contributed by atoms with E-state index in [1.807, 2.05) is 18.2 Å². The smallest absolute Gasteiger partial charge is 0.132 e. The minimum atomic E-state index is -0.168. The van der Waals surface area contributed by atoms with E-state index in [0.29, 0.717) is 0 Å². The largest absolute Gasteiger partial charge is 0.485 e. The molecule has 2 aliphatic rings. The molecule has 1 saturated heterocycles.